The summed E-state index contributed by atoms with van der Waals surface area (Å²) in [6.07, 6.45) is 2.21. The number of benzene rings is 2. The van der Waals surface area contributed by atoms with Crippen molar-refractivity contribution >= 4 is 28.8 Å². The second-order valence-corrected chi connectivity index (χ2v) is 8.12. The standard InChI is InChI=1S/C22H22N4O4S/c1-29-17-9-8-15(18(11-17)30-2)12-23-19(27)14-4-3-5-16(10-14)24-20(28)22-26-25-21(31-22)13-6-7-13/h3-5,8-11,13H,6-7,12H2,1-2H3,(H,23,27)(H,24,28). The van der Waals surface area contributed by atoms with E-state index in [-0.39, 0.29) is 18.4 Å². The predicted molar refractivity (Wildman–Crippen MR) is 117 cm³/mol. The number of carbonyl (C=O) groups excluding carboxylic acids is 2. The Kier molecular flexibility index (Phi) is 6.13. The normalized spacial score (nSPS) is 12.8. The van der Waals surface area contributed by atoms with Gasteiger partial charge in [-0.15, -0.1) is 10.2 Å². The zero-order valence-electron chi connectivity index (χ0n) is 17.2. The minimum Gasteiger partial charge on any atom is -0.497 e. The molecule has 1 aromatic heterocycles. The van der Waals surface area contributed by atoms with Crippen molar-refractivity contribution in [1.29, 1.82) is 0 Å². The molecule has 0 unspecified atom stereocenters. The maximum absolute atomic E-state index is 12.6. The van der Waals surface area contributed by atoms with Crippen molar-refractivity contribution in [2.75, 3.05) is 19.5 Å². The van der Waals surface area contributed by atoms with Gasteiger partial charge in [-0.05, 0) is 43.2 Å². The van der Waals surface area contributed by atoms with Crippen LogP contribution in [0.1, 0.15) is 49.5 Å². The number of aromatic nitrogens is 2. The number of nitrogens with zero attached hydrogens (tertiary/aromatic N) is 2. The Morgan fingerprint density at radius 1 is 1.06 bits per heavy atom. The molecule has 3 aromatic rings. The molecule has 1 fully saturated rings. The van der Waals surface area contributed by atoms with Crippen LogP contribution in [0.2, 0.25) is 0 Å². The van der Waals surface area contributed by atoms with E-state index in [0.717, 1.165) is 23.4 Å². The summed E-state index contributed by atoms with van der Waals surface area (Å²) >= 11 is 1.32. The van der Waals surface area contributed by atoms with Crippen LogP contribution in [-0.2, 0) is 6.54 Å². The molecule has 0 saturated heterocycles. The maximum Gasteiger partial charge on any atom is 0.286 e. The van der Waals surface area contributed by atoms with Crippen molar-refractivity contribution in [3.8, 4) is 11.5 Å². The van der Waals surface area contributed by atoms with Gasteiger partial charge in [-0.1, -0.05) is 17.4 Å². The highest BCUT2D eigenvalue weighted by atomic mass is 32.1. The van der Waals surface area contributed by atoms with Gasteiger partial charge in [0.05, 0.1) is 14.2 Å². The van der Waals surface area contributed by atoms with Crippen LogP contribution in [0.3, 0.4) is 0 Å². The van der Waals surface area contributed by atoms with Gasteiger partial charge in [0.1, 0.15) is 16.5 Å². The molecule has 2 amide bonds. The smallest absolute Gasteiger partial charge is 0.286 e. The van der Waals surface area contributed by atoms with Crippen molar-refractivity contribution in [2.45, 2.75) is 25.3 Å². The van der Waals surface area contributed by atoms with Gasteiger partial charge in [0, 0.05) is 35.3 Å². The molecule has 0 atom stereocenters. The Labute approximate surface area is 183 Å². The van der Waals surface area contributed by atoms with E-state index in [0.29, 0.717) is 33.7 Å². The van der Waals surface area contributed by atoms with Gasteiger partial charge in [0.2, 0.25) is 5.01 Å². The lowest BCUT2D eigenvalue weighted by Gasteiger charge is -2.12. The van der Waals surface area contributed by atoms with Crippen LogP contribution in [0.25, 0.3) is 0 Å². The lowest BCUT2D eigenvalue weighted by Crippen LogP contribution is -2.23. The molecular formula is C22H22N4O4S. The lowest BCUT2D eigenvalue weighted by molar-refractivity contribution is 0.0949. The van der Waals surface area contributed by atoms with Crippen molar-refractivity contribution < 1.29 is 19.1 Å². The van der Waals surface area contributed by atoms with Gasteiger partial charge in [0.15, 0.2) is 0 Å². The highest BCUT2D eigenvalue weighted by Crippen LogP contribution is 2.41. The summed E-state index contributed by atoms with van der Waals surface area (Å²) in [4.78, 5) is 25.1. The highest BCUT2D eigenvalue weighted by Gasteiger charge is 2.28. The van der Waals surface area contributed by atoms with E-state index >= 15 is 0 Å². The molecule has 8 nitrogen and oxygen atoms in total. The molecule has 4 rings (SSSR count). The molecule has 1 heterocycles. The van der Waals surface area contributed by atoms with Gasteiger partial charge in [0.25, 0.3) is 11.8 Å². The molecule has 1 aliphatic carbocycles. The summed E-state index contributed by atoms with van der Waals surface area (Å²) in [5.41, 5.74) is 1.77. The number of nitrogens with one attached hydrogen (secondary N) is 2. The van der Waals surface area contributed by atoms with Gasteiger partial charge in [-0.3, -0.25) is 9.59 Å². The molecule has 0 bridgehead atoms. The Bertz CT molecular complexity index is 1110. The molecule has 2 N–H and O–H groups in total. The summed E-state index contributed by atoms with van der Waals surface area (Å²) in [5.74, 6) is 1.17. The number of ether oxygens (including phenoxy) is 2. The van der Waals surface area contributed by atoms with Crippen molar-refractivity contribution in [1.82, 2.24) is 15.5 Å². The van der Waals surface area contributed by atoms with Crippen LogP contribution in [0.15, 0.2) is 42.5 Å². The zero-order valence-corrected chi connectivity index (χ0v) is 18.0. The van der Waals surface area contributed by atoms with Crippen LogP contribution >= 0.6 is 11.3 Å². The Balaban J connectivity index is 1.39. The molecule has 31 heavy (non-hydrogen) atoms. The second kappa shape index (κ2) is 9.13. The predicted octanol–water partition coefficient (Wildman–Crippen LogP) is 3.62. The fraction of sp³-hybridized carbons (Fsp3) is 0.273. The van der Waals surface area contributed by atoms with Crippen LogP contribution in [0.4, 0.5) is 5.69 Å². The first kappa shape index (κ1) is 20.8. The number of carbonyl (C=O) groups is 2. The molecule has 2 aromatic carbocycles. The second-order valence-electron chi connectivity index (χ2n) is 7.12. The number of methoxy groups -OCH3 is 2. The van der Waals surface area contributed by atoms with Crippen molar-refractivity contribution in [2.24, 2.45) is 0 Å². The molecule has 0 radical (unpaired) electrons. The molecule has 0 aliphatic heterocycles. The van der Waals surface area contributed by atoms with Gasteiger partial charge in [-0.25, -0.2) is 0 Å². The third-order valence-electron chi connectivity index (χ3n) is 4.88. The quantitative estimate of drug-likeness (QED) is 0.557. The Morgan fingerprint density at radius 3 is 2.65 bits per heavy atom. The van der Waals surface area contributed by atoms with E-state index in [1.165, 1.54) is 11.3 Å². The summed E-state index contributed by atoms with van der Waals surface area (Å²) in [6.45, 7) is 0.289. The molecule has 9 heteroatoms. The Hall–Kier alpha value is -3.46. The third-order valence-corrected chi connectivity index (χ3v) is 5.96. The first-order valence-corrected chi connectivity index (χ1v) is 10.6. The van der Waals surface area contributed by atoms with E-state index in [1.807, 2.05) is 12.1 Å². The van der Waals surface area contributed by atoms with Crippen LogP contribution in [0.5, 0.6) is 11.5 Å². The van der Waals surface area contributed by atoms with E-state index < -0.39 is 0 Å². The fourth-order valence-electron chi connectivity index (χ4n) is 3.02. The van der Waals surface area contributed by atoms with E-state index in [2.05, 4.69) is 20.8 Å². The number of anilines is 1. The zero-order chi connectivity index (χ0) is 21.8. The SMILES string of the molecule is COc1ccc(CNC(=O)c2cccc(NC(=O)c3nnc(C4CC4)s3)c2)c(OC)c1. The number of amides is 2. The highest BCUT2D eigenvalue weighted by molar-refractivity contribution is 7.13. The minimum atomic E-state index is -0.329. The van der Waals surface area contributed by atoms with Crippen LogP contribution < -0.4 is 20.1 Å². The molecule has 0 spiro atoms. The summed E-state index contributed by atoms with van der Waals surface area (Å²) in [5, 5.41) is 15.0. The molecule has 1 aliphatic rings. The molecular weight excluding hydrogens is 416 g/mol. The largest absolute Gasteiger partial charge is 0.497 e. The first-order chi connectivity index (χ1) is 15.1. The summed E-state index contributed by atoms with van der Waals surface area (Å²) in [6, 6.07) is 12.2. The fourth-order valence-corrected chi connectivity index (χ4v) is 3.93. The number of hydrogen-bond donors (Lipinski definition) is 2. The summed E-state index contributed by atoms with van der Waals surface area (Å²) in [7, 11) is 3.15. The third kappa shape index (κ3) is 5.00. The van der Waals surface area contributed by atoms with Crippen molar-refractivity contribution in [3.63, 3.8) is 0 Å². The lowest BCUT2D eigenvalue weighted by atomic mass is 10.1. The average molecular weight is 439 g/mol. The Morgan fingerprint density at radius 2 is 1.90 bits per heavy atom. The molecule has 160 valence electrons. The van der Waals surface area contributed by atoms with Gasteiger partial charge in [-0.2, -0.15) is 0 Å². The monoisotopic (exact) mass is 438 g/mol. The maximum atomic E-state index is 12.6. The van der Waals surface area contributed by atoms with E-state index in [9.17, 15) is 9.59 Å². The average Bonchev–Trinajstić information content (AvgIpc) is 3.53. The first-order valence-electron chi connectivity index (χ1n) is 9.81. The van der Waals surface area contributed by atoms with E-state index in [1.54, 1.807) is 44.6 Å². The van der Waals surface area contributed by atoms with Gasteiger partial charge < -0.3 is 20.1 Å². The molecule has 1 saturated carbocycles. The minimum absolute atomic E-state index is 0.263. The van der Waals surface area contributed by atoms with Crippen LogP contribution in [-0.4, -0.2) is 36.2 Å². The van der Waals surface area contributed by atoms with Crippen LogP contribution in [0, 0.1) is 0 Å². The summed E-state index contributed by atoms with van der Waals surface area (Å²) < 4.78 is 10.6. The van der Waals surface area contributed by atoms with E-state index in [4.69, 9.17) is 9.47 Å². The van der Waals surface area contributed by atoms with Crippen molar-refractivity contribution in [3.05, 3.63) is 63.6 Å². The number of hydrogen-bond acceptors (Lipinski definition) is 7. The number of rotatable bonds is 8. The topological polar surface area (TPSA) is 102 Å². The van der Waals surface area contributed by atoms with Gasteiger partial charge >= 0.3 is 0 Å².